The van der Waals surface area contributed by atoms with E-state index in [-0.39, 0.29) is 22.1 Å². The van der Waals surface area contributed by atoms with Gasteiger partial charge in [-0.15, -0.1) is 0 Å². The fourth-order valence-corrected chi connectivity index (χ4v) is 6.09. The lowest BCUT2D eigenvalue weighted by atomic mass is 10.0. The monoisotopic (exact) mass is 647 g/mol. The second-order valence-corrected chi connectivity index (χ2v) is 13.3. The quantitative estimate of drug-likeness (QED) is 0.250. The minimum atomic E-state index is -3.84. The molecule has 0 saturated carbocycles. The molecule has 1 amide bonds. The van der Waals surface area contributed by atoms with Crippen molar-refractivity contribution in [1.82, 2.24) is 34.0 Å². The van der Waals surface area contributed by atoms with Crippen molar-refractivity contribution in [3.8, 4) is 5.69 Å². The molecule has 0 unspecified atom stereocenters. The molecule has 1 aliphatic rings. The van der Waals surface area contributed by atoms with Crippen LogP contribution in [0.15, 0.2) is 53.6 Å². The first-order valence-electron chi connectivity index (χ1n) is 14.0. The third-order valence-corrected chi connectivity index (χ3v) is 8.30. The molecule has 0 aliphatic carbocycles. The number of nitrogens with one attached hydrogen (secondary N) is 2. The molecular weight excluding hydrogens is 618 g/mol. The van der Waals surface area contributed by atoms with E-state index in [1.807, 2.05) is 59.5 Å². The summed E-state index contributed by atoms with van der Waals surface area (Å²) in [5.74, 6) is -0.428. The number of carbonyl (C=O) groups is 1. The van der Waals surface area contributed by atoms with Crippen LogP contribution in [0, 0.1) is 13.8 Å². The van der Waals surface area contributed by atoms with Crippen LogP contribution in [0.5, 0.6) is 0 Å². The lowest BCUT2D eigenvalue weighted by Crippen LogP contribution is -2.31. The molecule has 0 fully saturated rings. The Balaban J connectivity index is 1.35. The largest absolute Gasteiger partial charge is 0.377 e. The fourth-order valence-electron chi connectivity index (χ4n) is 5.51. The van der Waals surface area contributed by atoms with Crippen molar-refractivity contribution in [2.75, 3.05) is 16.5 Å². The number of hydrogen-bond donors (Lipinski definition) is 2. The van der Waals surface area contributed by atoms with E-state index in [9.17, 15) is 18.0 Å². The van der Waals surface area contributed by atoms with Crippen LogP contribution in [0.3, 0.4) is 0 Å². The molecular formula is C30H30ClN9O4S. The van der Waals surface area contributed by atoms with Gasteiger partial charge >= 0.3 is 0 Å². The maximum atomic E-state index is 13.7. The second-order valence-electron chi connectivity index (χ2n) is 11.2. The molecule has 2 N–H and O–H groups in total. The van der Waals surface area contributed by atoms with E-state index >= 15 is 0 Å². The Hall–Kier alpha value is -4.82. The first kappa shape index (κ1) is 30.2. The Morgan fingerprint density at radius 2 is 1.87 bits per heavy atom. The third-order valence-electron chi connectivity index (χ3n) is 7.53. The zero-order valence-corrected chi connectivity index (χ0v) is 26.7. The molecule has 1 atom stereocenters. The minimum absolute atomic E-state index is 0.0248. The summed E-state index contributed by atoms with van der Waals surface area (Å²) < 4.78 is 28.8. The molecule has 0 spiro atoms. The highest BCUT2D eigenvalue weighted by Gasteiger charge is 2.28. The van der Waals surface area contributed by atoms with Crippen molar-refractivity contribution in [3.63, 3.8) is 0 Å². The zero-order chi connectivity index (χ0) is 32.2. The maximum Gasteiger partial charge on any atom is 0.285 e. The first-order chi connectivity index (χ1) is 21.3. The predicted octanol–water partition coefficient (Wildman–Crippen LogP) is 3.56. The maximum absolute atomic E-state index is 13.7. The number of hydrogen-bond acceptors (Lipinski definition) is 10. The summed E-state index contributed by atoms with van der Waals surface area (Å²) in [5, 5.41) is 8.50. The number of rotatable bonds is 7. The van der Waals surface area contributed by atoms with Gasteiger partial charge in [-0.3, -0.25) is 19.1 Å². The average Bonchev–Trinajstić information content (AvgIpc) is 3.54. The van der Waals surface area contributed by atoms with Gasteiger partial charge < -0.3 is 10.2 Å². The van der Waals surface area contributed by atoms with E-state index in [2.05, 4.69) is 15.3 Å². The Kier molecular flexibility index (Phi) is 7.57. The van der Waals surface area contributed by atoms with Crippen LogP contribution in [-0.2, 0) is 30.2 Å². The summed E-state index contributed by atoms with van der Waals surface area (Å²) in [6, 6.07) is 10.2. The second kappa shape index (κ2) is 11.3. The van der Waals surface area contributed by atoms with E-state index in [4.69, 9.17) is 21.7 Å². The van der Waals surface area contributed by atoms with Gasteiger partial charge in [-0.25, -0.2) is 27.8 Å². The van der Waals surface area contributed by atoms with Crippen molar-refractivity contribution < 1.29 is 13.2 Å². The molecule has 232 valence electrons. The Bertz CT molecular complexity index is 2160. The molecule has 0 bridgehead atoms. The Labute approximate surface area is 264 Å². The molecule has 4 aromatic heterocycles. The van der Waals surface area contributed by atoms with Gasteiger partial charge in [-0.1, -0.05) is 17.7 Å². The number of aryl methyl sites for hydroxylation is 2. The summed E-state index contributed by atoms with van der Waals surface area (Å²) >= 11 is 6.04. The highest BCUT2D eigenvalue weighted by atomic mass is 35.5. The summed E-state index contributed by atoms with van der Waals surface area (Å²) in [6.45, 7) is 6.68. The number of pyridine rings is 2. The first-order valence-corrected chi connectivity index (χ1v) is 16.3. The minimum Gasteiger partial charge on any atom is -0.377 e. The Morgan fingerprint density at radius 3 is 2.58 bits per heavy atom. The fraction of sp³-hybridized carbons (Fsp3) is 0.267. The van der Waals surface area contributed by atoms with E-state index < -0.39 is 22.0 Å². The number of benzene rings is 1. The molecule has 13 nitrogen and oxygen atoms in total. The van der Waals surface area contributed by atoms with Crippen LogP contribution in [0.2, 0.25) is 5.15 Å². The van der Waals surface area contributed by atoms with Gasteiger partial charge in [-0.2, -0.15) is 5.10 Å². The van der Waals surface area contributed by atoms with Gasteiger partial charge in [0.25, 0.3) is 11.5 Å². The van der Waals surface area contributed by atoms with Crippen molar-refractivity contribution in [2.24, 2.45) is 7.05 Å². The molecule has 15 heteroatoms. The van der Waals surface area contributed by atoms with Crippen LogP contribution in [0.1, 0.15) is 51.5 Å². The zero-order valence-electron chi connectivity index (χ0n) is 25.2. The van der Waals surface area contributed by atoms with Crippen molar-refractivity contribution in [3.05, 3.63) is 98.1 Å². The lowest BCUT2D eigenvalue weighted by Gasteiger charge is -2.23. The lowest BCUT2D eigenvalue weighted by molar-refractivity contribution is 0.0977. The summed E-state index contributed by atoms with van der Waals surface area (Å²) in [5.41, 5.74) is 5.70. The number of nitrogens with zero attached hydrogens (tertiary/aromatic N) is 7. The highest BCUT2D eigenvalue weighted by Crippen LogP contribution is 2.31. The Morgan fingerprint density at radius 1 is 1.09 bits per heavy atom. The molecule has 5 aromatic rings. The normalized spacial score (nSPS) is 13.6. The van der Waals surface area contributed by atoms with Crippen molar-refractivity contribution in [1.29, 1.82) is 0 Å². The van der Waals surface area contributed by atoms with Gasteiger partial charge in [0.15, 0.2) is 5.69 Å². The highest BCUT2D eigenvalue weighted by molar-refractivity contribution is 7.89. The SMILES string of the molecule is Cc1cc([C@@H](C)Nc2ccc(Cl)nc2C(=O)NS(C)(=O)=O)c2nc(N3Cc4cn(-c5ccnc(C)c5)nc4C3)n(C)c(=O)c2c1. The average molecular weight is 648 g/mol. The summed E-state index contributed by atoms with van der Waals surface area (Å²) in [6.07, 6.45) is 4.62. The van der Waals surface area contributed by atoms with Gasteiger partial charge in [0.1, 0.15) is 5.15 Å². The van der Waals surface area contributed by atoms with Crippen LogP contribution in [0.25, 0.3) is 16.6 Å². The molecule has 5 heterocycles. The number of fused-ring (bicyclic) bond motifs is 2. The molecule has 45 heavy (non-hydrogen) atoms. The molecule has 0 radical (unpaired) electrons. The van der Waals surface area contributed by atoms with Crippen LogP contribution in [-0.4, -0.2) is 49.9 Å². The number of carbonyl (C=O) groups excluding carboxylic acids is 1. The predicted molar refractivity (Wildman–Crippen MR) is 171 cm³/mol. The molecule has 1 aromatic carbocycles. The standard InChI is InChI=1S/C30H30ClN9O4S/c1-16-10-21(18(3)33-23-6-7-25(31)34-27(23)28(41)37-45(5,43)44)26-22(11-16)29(42)38(4)30(35-26)39-13-19-14-40(36-24(19)15-39)20-8-9-32-17(2)12-20/h6-12,14,18,33H,13,15H2,1-5H3,(H,37,41)/t18-/m1/s1. The van der Waals surface area contributed by atoms with Crippen LogP contribution < -0.4 is 20.5 Å². The van der Waals surface area contributed by atoms with E-state index in [1.165, 1.54) is 6.07 Å². The number of aromatic nitrogens is 6. The van der Waals surface area contributed by atoms with Gasteiger partial charge in [-0.05, 0) is 56.7 Å². The topological polar surface area (TPSA) is 157 Å². The number of amides is 1. The van der Waals surface area contributed by atoms with E-state index in [0.717, 1.165) is 34.5 Å². The third kappa shape index (κ3) is 5.98. The number of halogens is 1. The molecule has 6 rings (SSSR count). The van der Waals surface area contributed by atoms with E-state index in [0.29, 0.717) is 35.5 Å². The summed E-state index contributed by atoms with van der Waals surface area (Å²) in [7, 11) is -2.14. The van der Waals surface area contributed by atoms with Crippen molar-refractivity contribution in [2.45, 2.75) is 39.9 Å². The van der Waals surface area contributed by atoms with Crippen LogP contribution >= 0.6 is 11.6 Å². The number of sulfonamides is 1. The van der Waals surface area contributed by atoms with Gasteiger partial charge in [0, 0.05) is 42.8 Å². The van der Waals surface area contributed by atoms with E-state index in [1.54, 1.807) is 29.9 Å². The van der Waals surface area contributed by atoms with Gasteiger partial charge in [0.05, 0.1) is 46.8 Å². The van der Waals surface area contributed by atoms with Crippen molar-refractivity contribution >= 4 is 50.1 Å². The molecule has 1 aliphatic heterocycles. The number of anilines is 2. The molecule has 0 saturated heterocycles. The van der Waals surface area contributed by atoms with Crippen LogP contribution in [0.4, 0.5) is 11.6 Å². The smallest absolute Gasteiger partial charge is 0.285 e. The van der Waals surface area contributed by atoms with Gasteiger partial charge in [0.2, 0.25) is 16.0 Å². The summed E-state index contributed by atoms with van der Waals surface area (Å²) in [4.78, 5) is 41.8.